The number of esters is 1. The molecule has 3 rings (SSSR count). The average molecular weight is 326 g/mol. The number of para-hydroxylation sites is 1. The second-order valence-electron chi connectivity index (χ2n) is 6.37. The number of rotatable bonds is 4. The van der Waals surface area contributed by atoms with E-state index < -0.39 is 12.1 Å². The number of nitrogens with zero attached hydrogens (tertiary/aromatic N) is 1. The molecule has 0 aliphatic heterocycles. The van der Waals surface area contributed by atoms with Gasteiger partial charge in [-0.1, -0.05) is 31.0 Å². The van der Waals surface area contributed by atoms with Crippen molar-refractivity contribution in [3.8, 4) is 0 Å². The van der Waals surface area contributed by atoms with Gasteiger partial charge in [0.25, 0.3) is 5.91 Å². The highest BCUT2D eigenvalue weighted by Gasteiger charge is 2.24. The summed E-state index contributed by atoms with van der Waals surface area (Å²) < 4.78 is 5.39. The Bertz CT molecular complexity index is 766. The third kappa shape index (κ3) is 3.55. The third-order valence-corrected chi connectivity index (χ3v) is 4.42. The first-order chi connectivity index (χ1) is 11.5. The van der Waals surface area contributed by atoms with Crippen molar-refractivity contribution in [2.45, 2.75) is 51.7 Å². The number of nitrogens with one attached hydrogen (secondary N) is 1. The van der Waals surface area contributed by atoms with E-state index >= 15 is 0 Å². The molecule has 0 bridgehead atoms. The molecule has 24 heavy (non-hydrogen) atoms. The molecule has 0 spiro atoms. The van der Waals surface area contributed by atoms with Crippen LogP contribution >= 0.6 is 0 Å². The van der Waals surface area contributed by atoms with E-state index in [4.69, 9.17) is 4.74 Å². The van der Waals surface area contributed by atoms with Gasteiger partial charge < -0.3 is 10.1 Å². The van der Waals surface area contributed by atoms with Crippen LogP contribution in [-0.2, 0) is 9.53 Å². The maximum Gasteiger partial charge on any atom is 0.339 e. The van der Waals surface area contributed by atoms with Crippen molar-refractivity contribution in [1.29, 1.82) is 0 Å². The van der Waals surface area contributed by atoms with Gasteiger partial charge in [0.05, 0.1) is 11.1 Å². The number of hydrogen-bond acceptors (Lipinski definition) is 4. The van der Waals surface area contributed by atoms with Gasteiger partial charge in [0, 0.05) is 17.1 Å². The molecule has 0 saturated heterocycles. The molecular weight excluding hydrogens is 304 g/mol. The van der Waals surface area contributed by atoms with Gasteiger partial charge in [-0.25, -0.2) is 4.79 Å². The molecule has 1 amide bonds. The fraction of sp³-hybridized carbons (Fsp3) is 0.421. The summed E-state index contributed by atoms with van der Waals surface area (Å²) in [6, 6.07) is 9.33. The molecule has 0 radical (unpaired) electrons. The van der Waals surface area contributed by atoms with Gasteiger partial charge in [0.2, 0.25) is 0 Å². The van der Waals surface area contributed by atoms with E-state index in [9.17, 15) is 9.59 Å². The quantitative estimate of drug-likeness (QED) is 0.876. The predicted molar refractivity (Wildman–Crippen MR) is 91.8 cm³/mol. The van der Waals surface area contributed by atoms with E-state index in [1.54, 1.807) is 13.0 Å². The van der Waals surface area contributed by atoms with Crippen LogP contribution in [0.2, 0.25) is 0 Å². The van der Waals surface area contributed by atoms with Crippen molar-refractivity contribution < 1.29 is 14.3 Å². The van der Waals surface area contributed by atoms with Crippen molar-refractivity contribution in [1.82, 2.24) is 10.3 Å². The van der Waals surface area contributed by atoms with Gasteiger partial charge >= 0.3 is 5.97 Å². The number of fused-ring (bicyclic) bond motifs is 1. The Kier molecular flexibility index (Phi) is 4.79. The number of amides is 1. The monoisotopic (exact) mass is 326 g/mol. The molecule has 1 aliphatic rings. The summed E-state index contributed by atoms with van der Waals surface area (Å²) in [6.07, 6.45) is 3.47. The molecule has 1 fully saturated rings. The van der Waals surface area contributed by atoms with Crippen LogP contribution < -0.4 is 5.32 Å². The Morgan fingerprint density at radius 1 is 1.25 bits per heavy atom. The zero-order valence-electron chi connectivity index (χ0n) is 14.0. The minimum atomic E-state index is -0.815. The van der Waals surface area contributed by atoms with Crippen LogP contribution in [0.15, 0.2) is 30.3 Å². The van der Waals surface area contributed by atoms with Gasteiger partial charge in [-0.2, -0.15) is 0 Å². The Morgan fingerprint density at radius 3 is 2.71 bits per heavy atom. The predicted octanol–water partition coefficient (Wildman–Crippen LogP) is 3.15. The lowest BCUT2D eigenvalue weighted by molar-refractivity contribution is -0.129. The summed E-state index contributed by atoms with van der Waals surface area (Å²) in [6.45, 7) is 3.44. The first-order valence-electron chi connectivity index (χ1n) is 8.42. The van der Waals surface area contributed by atoms with Crippen molar-refractivity contribution in [2.75, 3.05) is 0 Å². The molecule has 1 aliphatic carbocycles. The van der Waals surface area contributed by atoms with E-state index in [-0.39, 0.29) is 11.9 Å². The lowest BCUT2D eigenvalue weighted by Crippen LogP contribution is -2.40. The van der Waals surface area contributed by atoms with Gasteiger partial charge in [0.15, 0.2) is 6.10 Å². The number of aryl methyl sites for hydroxylation is 1. The maximum absolute atomic E-state index is 12.5. The number of benzene rings is 1. The van der Waals surface area contributed by atoms with Gasteiger partial charge in [-0.05, 0) is 38.8 Å². The Morgan fingerprint density at radius 2 is 1.96 bits per heavy atom. The van der Waals surface area contributed by atoms with E-state index in [1.807, 2.05) is 31.2 Å². The number of carbonyl (C=O) groups excluding carboxylic acids is 2. The van der Waals surface area contributed by atoms with Gasteiger partial charge in [0.1, 0.15) is 0 Å². The summed E-state index contributed by atoms with van der Waals surface area (Å²) >= 11 is 0. The normalized spacial score (nSPS) is 16.1. The number of ether oxygens (including phenoxy) is 1. The van der Waals surface area contributed by atoms with Crippen molar-refractivity contribution in [3.63, 3.8) is 0 Å². The Hall–Kier alpha value is -2.43. The third-order valence-electron chi connectivity index (χ3n) is 4.42. The average Bonchev–Trinajstić information content (AvgIpc) is 3.06. The van der Waals surface area contributed by atoms with Gasteiger partial charge in [-0.3, -0.25) is 9.78 Å². The van der Waals surface area contributed by atoms with Crippen LogP contribution in [0.25, 0.3) is 10.9 Å². The number of carbonyl (C=O) groups is 2. The molecule has 1 atom stereocenters. The van der Waals surface area contributed by atoms with Crippen LogP contribution in [0.5, 0.6) is 0 Å². The number of aromatic nitrogens is 1. The summed E-state index contributed by atoms with van der Waals surface area (Å²) in [4.78, 5) is 29.1. The van der Waals surface area contributed by atoms with Crippen LogP contribution in [-0.4, -0.2) is 29.0 Å². The van der Waals surface area contributed by atoms with Crippen molar-refractivity contribution >= 4 is 22.8 Å². The molecule has 1 aromatic heterocycles. The molecule has 1 aromatic carbocycles. The molecule has 1 heterocycles. The fourth-order valence-electron chi connectivity index (χ4n) is 3.14. The summed E-state index contributed by atoms with van der Waals surface area (Å²) in [7, 11) is 0. The zero-order valence-corrected chi connectivity index (χ0v) is 14.0. The SMILES string of the molecule is Cc1cc(C(=O)O[C@@H](C)C(=O)NC2CCCC2)c2ccccc2n1. The molecule has 5 heteroatoms. The molecular formula is C19H22N2O3. The van der Waals surface area contributed by atoms with Crippen molar-refractivity contribution in [3.05, 3.63) is 41.6 Å². The van der Waals surface area contributed by atoms with Crippen LogP contribution in [0.4, 0.5) is 0 Å². The van der Waals surface area contributed by atoms with E-state index in [0.717, 1.165) is 42.3 Å². The Balaban J connectivity index is 1.73. The lowest BCUT2D eigenvalue weighted by Gasteiger charge is -2.17. The topological polar surface area (TPSA) is 68.3 Å². The standard InChI is InChI=1S/C19H22N2O3/c1-12-11-16(15-9-5-6-10-17(15)20-12)19(23)24-13(2)18(22)21-14-7-3-4-8-14/h5-6,9-11,13-14H,3-4,7-8H2,1-2H3,(H,21,22)/t13-/m0/s1. The van der Waals surface area contributed by atoms with Gasteiger partial charge in [-0.15, -0.1) is 0 Å². The Labute approximate surface area is 141 Å². The zero-order chi connectivity index (χ0) is 17.1. The fourth-order valence-corrected chi connectivity index (χ4v) is 3.14. The molecule has 2 aromatic rings. The highest BCUT2D eigenvalue weighted by atomic mass is 16.5. The van der Waals surface area contributed by atoms with Crippen LogP contribution in [0.3, 0.4) is 0 Å². The molecule has 126 valence electrons. The minimum Gasteiger partial charge on any atom is -0.449 e. The molecule has 5 nitrogen and oxygen atoms in total. The summed E-state index contributed by atoms with van der Waals surface area (Å²) in [5.74, 6) is -0.726. The summed E-state index contributed by atoms with van der Waals surface area (Å²) in [5, 5.41) is 3.69. The maximum atomic E-state index is 12.5. The second kappa shape index (κ2) is 6.99. The van der Waals surface area contributed by atoms with E-state index in [0.29, 0.717) is 5.56 Å². The van der Waals surface area contributed by atoms with Crippen LogP contribution in [0, 0.1) is 6.92 Å². The highest BCUT2D eigenvalue weighted by molar-refractivity contribution is 6.04. The van der Waals surface area contributed by atoms with Crippen LogP contribution in [0.1, 0.15) is 48.7 Å². The minimum absolute atomic E-state index is 0.211. The first-order valence-corrected chi connectivity index (χ1v) is 8.42. The largest absolute Gasteiger partial charge is 0.449 e. The van der Waals surface area contributed by atoms with Crippen molar-refractivity contribution in [2.24, 2.45) is 0 Å². The molecule has 1 saturated carbocycles. The number of hydrogen-bond donors (Lipinski definition) is 1. The lowest BCUT2D eigenvalue weighted by atomic mass is 10.1. The van der Waals surface area contributed by atoms with E-state index in [2.05, 4.69) is 10.3 Å². The molecule has 1 N–H and O–H groups in total. The highest BCUT2D eigenvalue weighted by Crippen LogP contribution is 2.20. The number of pyridine rings is 1. The smallest absolute Gasteiger partial charge is 0.339 e. The van der Waals surface area contributed by atoms with E-state index in [1.165, 1.54) is 0 Å². The summed E-state index contributed by atoms with van der Waals surface area (Å²) in [5.41, 5.74) is 1.93. The molecule has 0 unspecified atom stereocenters. The first kappa shape index (κ1) is 16.4. The second-order valence-corrected chi connectivity index (χ2v) is 6.37.